The first-order chi connectivity index (χ1) is 12.1. The zero-order valence-electron chi connectivity index (χ0n) is 13.3. The van der Waals surface area contributed by atoms with Crippen molar-refractivity contribution in [2.24, 2.45) is 5.10 Å². The Balaban J connectivity index is 1.68. The van der Waals surface area contributed by atoms with E-state index in [0.717, 1.165) is 21.2 Å². The van der Waals surface area contributed by atoms with Gasteiger partial charge in [-0.2, -0.15) is 5.10 Å². The molecule has 1 amide bonds. The van der Waals surface area contributed by atoms with Crippen LogP contribution in [0, 0.1) is 0 Å². The first kappa shape index (κ1) is 17.5. The molecule has 128 valence electrons. The highest BCUT2D eigenvalue weighted by molar-refractivity contribution is 9.10. The number of furan rings is 1. The molecule has 2 aromatic carbocycles. The molecule has 3 aromatic rings. The van der Waals surface area contributed by atoms with E-state index in [1.165, 1.54) is 6.21 Å². The fourth-order valence-corrected chi connectivity index (χ4v) is 2.91. The van der Waals surface area contributed by atoms with Crippen LogP contribution in [0.4, 0.5) is 0 Å². The van der Waals surface area contributed by atoms with Crippen molar-refractivity contribution in [3.63, 3.8) is 0 Å². The van der Waals surface area contributed by atoms with Gasteiger partial charge in [-0.15, -0.1) is 0 Å². The molecule has 7 heteroatoms. The van der Waals surface area contributed by atoms with Gasteiger partial charge in [0, 0.05) is 10.4 Å². The molecule has 0 bridgehead atoms. The summed E-state index contributed by atoms with van der Waals surface area (Å²) in [5.41, 5.74) is 3.84. The van der Waals surface area contributed by atoms with Crippen LogP contribution in [0.1, 0.15) is 23.0 Å². The lowest BCUT2D eigenvalue weighted by Crippen LogP contribution is -2.16. The van der Waals surface area contributed by atoms with E-state index in [1.807, 2.05) is 25.1 Å². The topological polar surface area (TPSA) is 63.8 Å². The number of rotatable bonds is 5. The molecule has 0 aliphatic carbocycles. The molecule has 0 aliphatic heterocycles. The summed E-state index contributed by atoms with van der Waals surface area (Å²) in [6, 6.07) is 12.3. The number of hydrogen-bond acceptors (Lipinski definition) is 4. The summed E-state index contributed by atoms with van der Waals surface area (Å²) >= 11 is 9.36. The van der Waals surface area contributed by atoms with E-state index in [9.17, 15) is 4.79 Å². The van der Waals surface area contributed by atoms with Gasteiger partial charge >= 0.3 is 5.91 Å². The van der Waals surface area contributed by atoms with E-state index in [-0.39, 0.29) is 5.76 Å². The van der Waals surface area contributed by atoms with Crippen LogP contribution < -0.4 is 10.2 Å². The Morgan fingerprint density at radius 3 is 2.92 bits per heavy atom. The highest BCUT2D eigenvalue weighted by atomic mass is 79.9. The van der Waals surface area contributed by atoms with Gasteiger partial charge in [-0.3, -0.25) is 4.79 Å². The standard InChI is InChI=1S/C18H14BrClN2O3/c1-2-24-16-5-3-11(7-14(16)19)10-21-22-18(23)17-9-12-8-13(20)4-6-15(12)25-17/h3-10H,2H2,1H3,(H,22,23)/b21-10+. The Hall–Kier alpha value is -2.31. The molecule has 1 heterocycles. The van der Waals surface area contributed by atoms with Crippen LogP contribution >= 0.6 is 27.5 Å². The second kappa shape index (κ2) is 7.72. The number of nitrogens with zero attached hydrogens (tertiary/aromatic N) is 1. The lowest BCUT2D eigenvalue weighted by atomic mass is 10.2. The van der Waals surface area contributed by atoms with Gasteiger partial charge in [0.2, 0.25) is 0 Å². The Morgan fingerprint density at radius 1 is 1.32 bits per heavy atom. The Kier molecular flexibility index (Phi) is 5.40. The van der Waals surface area contributed by atoms with E-state index in [2.05, 4.69) is 26.5 Å². The first-order valence-corrected chi connectivity index (χ1v) is 8.69. The predicted octanol–water partition coefficient (Wildman–Crippen LogP) is 5.01. The molecule has 5 nitrogen and oxygen atoms in total. The molecular weight excluding hydrogens is 408 g/mol. The number of carbonyl (C=O) groups is 1. The maximum atomic E-state index is 12.1. The summed E-state index contributed by atoms with van der Waals surface area (Å²) in [4.78, 5) is 12.1. The van der Waals surface area contributed by atoms with Crippen molar-refractivity contribution >= 4 is 50.6 Å². The maximum Gasteiger partial charge on any atom is 0.307 e. The first-order valence-electron chi connectivity index (χ1n) is 7.51. The summed E-state index contributed by atoms with van der Waals surface area (Å²) in [7, 11) is 0. The number of halogens is 2. The van der Waals surface area contributed by atoms with E-state index < -0.39 is 5.91 Å². The molecule has 0 atom stereocenters. The van der Waals surface area contributed by atoms with Crippen molar-refractivity contribution in [2.45, 2.75) is 6.92 Å². The van der Waals surface area contributed by atoms with E-state index >= 15 is 0 Å². The van der Waals surface area contributed by atoms with Crippen molar-refractivity contribution in [3.05, 3.63) is 63.3 Å². The van der Waals surface area contributed by atoms with Gasteiger partial charge in [-0.05, 0) is 70.9 Å². The van der Waals surface area contributed by atoms with Gasteiger partial charge in [-0.1, -0.05) is 11.6 Å². The Bertz CT molecular complexity index is 953. The average Bonchev–Trinajstić information content (AvgIpc) is 3.00. The smallest absolute Gasteiger partial charge is 0.307 e. The van der Waals surface area contributed by atoms with Crippen LogP contribution in [-0.2, 0) is 0 Å². The summed E-state index contributed by atoms with van der Waals surface area (Å²) < 4.78 is 11.7. The molecule has 0 aliphatic rings. The summed E-state index contributed by atoms with van der Waals surface area (Å²) in [5, 5.41) is 5.29. The highest BCUT2D eigenvalue weighted by Gasteiger charge is 2.11. The Morgan fingerprint density at radius 2 is 2.16 bits per heavy atom. The van der Waals surface area contributed by atoms with Gasteiger partial charge in [0.05, 0.1) is 17.3 Å². The quantitative estimate of drug-likeness (QED) is 0.465. The second-order valence-corrected chi connectivity index (χ2v) is 6.41. The third kappa shape index (κ3) is 4.21. The molecular formula is C18H14BrClN2O3. The maximum absolute atomic E-state index is 12.1. The van der Waals surface area contributed by atoms with Crippen molar-refractivity contribution in [3.8, 4) is 5.75 Å². The van der Waals surface area contributed by atoms with Gasteiger partial charge < -0.3 is 9.15 Å². The normalized spacial score (nSPS) is 11.2. The van der Waals surface area contributed by atoms with E-state index in [4.69, 9.17) is 20.8 Å². The highest BCUT2D eigenvalue weighted by Crippen LogP contribution is 2.25. The summed E-state index contributed by atoms with van der Waals surface area (Å²) in [6.07, 6.45) is 1.54. The van der Waals surface area contributed by atoms with Gasteiger partial charge in [0.15, 0.2) is 5.76 Å². The minimum Gasteiger partial charge on any atom is -0.493 e. The number of benzene rings is 2. The fourth-order valence-electron chi connectivity index (χ4n) is 2.22. The Labute approximate surface area is 157 Å². The van der Waals surface area contributed by atoms with Gasteiger partial charge in [0.1, 0.15) is 11.3 Å². The molecule has 0 radical (unpaired) electrons. The molecule has 1 N–H and O–H groups in total. The van der Waals surface area contributed by atoms with Crippen LogP contribution in [0.15, 0.2) is 56.5 Å². The fraction of sp³-hybridized carbons (Fsp3) is 0.111. The van der Waals surface area contributed by atoms with Crippen molar-refractivity contribution in [2.75, 3.05) is 6.61 Å². The predicted molar refractivity (Wildman–Crippen MR) is 102 cm³/mol. The van der Waals surface area contributed by atoms with E-state index in [0.29, 0.717) is 17.2 Å². The van der Waals surface area contributed by atoms with Crippen molar-refractivity contribution < 1.29 is 13.9 Å². The SMILES string of the molecule is CCOc1ccc(/C=N/NC(=O)c2cc3cc(Cl)ccc3o2)cc1Br. The molecule has 0 fully saturated rings. The number of carbonyl (C=O) groups excluding carboxylic acids is 1. The summed E-state index contributed by atoms with van der Waals surface area (Å²) in [6.45, 7) is 2.51. The average molecular weight is 422 g/mol. The third-order valence-corrected chi connectivity index (χ3v) is 4.19. The number of nitrogens with one attached hydrogen (secondary N) is 1. The zero-order chi connectivity index (χ0) is 17.8. The molecule has 0 saturated heterocycles. The molecule has 0 saturated carbocycles. The zero-order valence-corrected chi connectivity index (χ0v) is 15.6. The molecule has 3 rings (SSSR count). The van der Waals surface area contributed by atoms with Crippen LogP contribution in [0.5, 0.6) is 5.75 Å². The van der Waals surface area contributed by atoms with Crippen LogP contribution in [0.2, 0.25) is 5.02 Å². The number of hydrogen-bond donors (Lipinski definition) is 1. The lowest BCUT2D eigenvalue weighted by molar-refractivity contribution is 0.0929. The summed E-state index contributed by atoms with van der Waals surface area (Å²) in [5.74, 6) is 0.487. The van der Waals surface area contributed by atoms with E-state index in [1.54, 1.807) is 24.3 Å². The van der Waals surface area contributed by atoms with Gasteiger partial charge in [0.25, 0.3) is 0 Å². The largest absolute Gasteiger partial charge is 0.493 e. The number of amides is 1. The lowest BCUT2D eigenvalue weighted by Gasteiger charge is -2.05. The van der Waals surface area contributed by atoms with Crippen molar-refractivity contribution in [1.29, 1.82) is 0 Å². The molecule has 1 aromatic heterocycles. The molecule has 0 unspecified atom stereocenters. The van der Waals surface area contributed by atoms with Crippen LogP contribution in [0.3, 0.4) is 0 Å². The van der Waals surface area contributed by atoms with Crippen LogP contribution in [0.25, 0.3) is 11.0 Å². The van der Waals surface area contributed by atoms with Crippen LogP contribution in [-0.4, -0.2) is 18.7 Å². The second-order valence-electron chi connectivity index (χ2n) is 5.11. The third-order valence-electron chi connectivity index (χ3n) is 3.34. The van der Waals surface area contributed by atoms with Crippen molar-refractivity contribution in [1.82, 2.24) is 5.43 Å². The molecule has 25 heavy (non-hydrogen) atoms. The number of ether oxygens (including phenoxy) is 1. The molecule has 0 spiro atoms. The minimum absolute atomic E-state index is 0.169. The minimum atomic E-state index is -0.437. The number of fused-ring (bicyclic) bond motifs is 1. The monoisotopic (exact) mass is 420 g/mol. The number of hydrazone groups is 1. The van der Waals surface area contributed by atoms with Gasteiger partial charge in [-0.25, -0.2) is 5.43 Å².